The van der Waals surface area contributed by atoms with Crippen LogP contribution in [0.25, 0.3) is 0 Å². The molecule has 6 nitrogen and oxygen atoms in total. The first-order valence-corrected chi connectivity index (χ1v) is 8.60. The van der Waals surface area contributed by atoms with E-state index in [1.165, 1.54) is 6.33 Å². The van der Waals surface area contributed by atoms with Crippen LogP contribution in [0.3, 0.4) is 0 Å². The summed E-state index contributed by atoms with van der Waals surface area (Å²) in [5.41, 5.74) is 1.61. The first-order valence-electron chi connectivity index (χ1n) is 8.22. The van der Waals surface area contributed by atoms with Crippen LogP contribution in [-0.4, -0.2) is 55.4 Å². The van der Waals surface area contributed by atoms with Gasteiger partial charge in [-0.1, -0.05) is 23.4 Å². The molecule has 0 aliphatic carbocycles. The fraction of sp³-hybridized carbons (Fsp3) is 0.368. The molecule has 0 N–H and O–H groups in total. The van der Waals surface area contributed by atoms with Gasteiger partial charge in [-0.15, -0.1) is 0 Å². The summed E-state index contributed by atoms with van der Waals surface area (Å²) in [6.07, 6.45) is 4.85. The summed E-state index contributed by atoms with van der Waals surface area (Å²) in [7, 11) is 3.21. The van der Waals surface area contributed by atoms with E-state index in [1.54, 1.807) is 32.7 Å². The van der Waals surface area contributed by atoms with Crippen molar-refractivity contribution in [2.24, 2.45) is 0 Å². The van der Waals surface area contributed by atoms with Gasteiger partial charge in [0, 0.05) is 42.1 Å². The Hall–Kier alpha value is -2.33. The van der Waals surface area contributed by atoms with E-state index < -0.39 is 0 Å². The lowest BCUT2D eigenvalue weighted by Crippen LogP contribution is -2.38. The van der Waals surface area contributed by atoms with Crippen LogP contribution < -0.4 is 9.47 Å². The van der Waals surface area contributed by atoms with Crippen LogP contribution in [0.5, 0.6) is 11.5 Å². The number of aromatic nitrogens is 2. The average Bonchev–Trinajstić information content (AvgIpc) is 2.69. The number of ether oxygens (including phenoxy) is 3. The molecule has 1 aliphatic rings. The Kier molecular flexibility index (Phi) is 6.29. The minimum Gasteiger partial charge on any atom is -0.493 e. The molecule has 0 unspecified atom stereocenters. The van der Waals surface area contributed by atoms with Gasteiger partial charge in [0.2, 0.25) is 0 Å². The van der Waals surface area contributed by atoms with Crippen LogP contribution in [0.1, 0.15) is 17.2 Å². The molecule has 1 aliphatic heterocycles. The van der Waals surface area contributed by atoms with Gasteiger partial charge < -0.3 is 14.2 Å². The Bertz CT molecular complexity index is 799. The SMILES string of the molecule is COc1cc(Cl)cc([C@@H](C#Cc2cncnc2)N2CCOCC2)c1OC. The van der Waals surface area contributed by atoms with Crippen molar-refractivity contribution in [3.8, 4) is 23.3 Å². The highest BCUT2D eigenvalue weighted by Crippen LogP contribution is 2.39. The van der Waals surface area contributed by atoms with Gasteiger partial charge in [-0.25, -0.2) is 9.97 Å². The van der Waals surface area contributed by atoms with Crippen LogP contribution in [0.4, 0.5) is 0 Å². The molecular weight excluding hydrogens is 354 g/mol. The number of rotatable bonds is 4. The van der Waals surface area contributed by atoms with Crippen molar-refractivity contribution in [2.45, 2.75) is 6.04 Å². The molecule has 0 radical (unpaired) electrons. The van der Waals surface area contributed by atoms with Crippen molar-refractivity contribution in [1.29, 1.82) is 0 Å². The van der Waals surface area contributed by atoms with Gasteiger partial charge in [-0.3, -0.25) is 4.90 Å². The molecule has 0 bridgehead atoms. The van der Waals surface area contributed by atoms with Crippen molar-refractivity contribution in [1.82, 2.24) is 14.9 Å². The third-order valence-electron chi connectivity index (χ3n) is 4.09. The number of hydrogen-bond donors (Lipinski definition) is 0. The second kappa shape index (κ2) is 8.86. The van der Waals surface area contributed by atoms with Crippen molar-refractivity contribution in [3.05, 3.63) is 47.0 Å². The minimum absolute atomic E-state index is 0.221. The maximum Gasteiger partial charge on any atom is 0.166 e. The largest absolute Gasteiger partial charge is 0.493 e. The first-order chi connectivity index (χ1) is 12.7. The molecule has 2 aromatic rings. The van der Waals surface area contributed by atoms with Crippen molar-refractivity contribution in [2.75, 3.05) is 40.5 Å². The number of nitrogens with zero attached hydrogens (tertiary/aromatic N) is 3. The maximum atomic E-state index is 6.31. The Morgan fingerprint density at radius 1 is 1.15 bits per heavy atom. The van der Waals surface area contributed by atoms with Crippen molar-refractivity contribution >= 4 is 11.6 Å². The Morgan fingerprint density at radius 2 is 1.88 bits per heavy atom. The van der Waals surface area contributed by atoms with Crippen LogP contribution in [0.15, 0.2) is 30.9 Å². The van der Waals surface area contributed by atoms with Crippen molar-refractivity contribution in [3.63, 3.8) is 0 Å². The van der Waals surface area contributed by atoms with E-state index in [2.05, 4.69) is 26.7 Å². The molecule has 1 saturated heterocycles. The highest BCUT2D eigenvalue weighted by atomic mass is 35.5. The molecule has 0 amide bonds. The second-order valence-electron chi connectivity index (χ2n) is 5.68. The Morgan fingerprint density at radius 3 is 2.54 bits per heavy atom. The third-order valence-corrected chi connectivity index (χ3v) is 4.31. The molecule has 1 aromatic heterocycles. The molecule has 7 heteroatoms. The molecule has 3 rings (SSSR count). The van der Waals surface area contributed by atoms with Gasteiger partial charge in [-0.05, 0) is 6.07 Å². The average molecular weight is 374 g/mol. The van der Waals surface area contributed by atoms with Crippen LogP contribution >= 0.6 is 11.6 Å². The topological polar surface area (TPSA) is 56.7 Å². The van der Waals surface area contributed by atoms with Gasteiger partial charge in [0.05, 0.1) is 33.0 Å². The number of benzene rings is 1. The summed E-state index contributed by atoms with van der Waals surface area (Å²) < 4.78 is 16.5. The minimum atomic E-state index is -0.221. The summed E-state index contributed by atoms with van der Waals surface area (Å²) in [6, 6.07) is 3.39. The van der Waals surface area contributed by atoms with Gasteiger partial charge >= 0.3 is 0 Å². The smallest absolute Gasteiger partial charge is 0.166 e. The van der Waals surface area contributed by atoms with Crippen LogP contribution in [-0.2, 0) is 4.74 Å². The zero-order valence-corrected chi connectivity index (χ0v) is 15.5. The molecule has 2 heterocycles. The maximum absolute atomic E-state index is 6.31. The normalized spacial score (nSPS) is 15.7. The molecule has 0 saturated carbocycles. The van der Waals surface area contributed by atoms with E-state index in [1.807, 2.05) is 6.07 Å². The molecule has 1 atom stereocenters. The highest BCUT2D eigenvalue weighted by molar-refractivity contribution is 6.30. The van der Waals surface area contributed by atoms with Crippen LogP contribution in [0, 0.1) is 11.8 Å². The number of methoxy groups -OCH3 is 2. The van der Waals surface area contributed by atoms with E-state index in [-0.39, 0.29) is 6.04 Å². The fourth-order valence-corrected chi connectivity index (χ4v) is 3.10. The van der Waals surface area contributed by atoms with E-state index in [4.69, 9.17) is 25.8 Å². The lowest BCUT2D eigenvalue weighted by atomic mass is 10.0. The van der Waals surface area contributed by atoms with Gasteiger partial charge in [0.1, 0.15) is 12.4 Å². The number of morpholine rings is 1. The summed E-state index contributed by atoms with van der Waals surface area (Å²) in [6.45, 7) is 2.85. The predicted octanol–water partition coefficient (Wildman–Crippen LogP) is 2.57. The van der Waals surface area contributed by atoms with Gasteiger partial charge in [-0.2, -0.15) is 0 Å². The van der Waals surface area contributed by atoms with Crippen molar-refractivity contribution < 1.29 is 14.2 Å². The Balaban J connectivity index is 2.06. The molecule has 1 aromatic carbocycles. The molecule has 1 fully saturated rings. The third kappa shape index (κ3) is 4.25. The summed E-state index contributed by atoms with van der Waals surface area (Å²) in [5.74, 6) is 7.69. The first kappa shape index (κ1) is 18.5. The second-order valence-corrected chi connectivity index (χ2v) is 6.11. The highest BCUT2D eigenvalue weighted by Gasteiger charge is 2.26. The molecule has 26 heavy (non-hydrogen) atoms. The van der Waals surface area contributed by atoms with Gasteiger partial charge in [0.15, 0.2) is 11.5 Å². The predicted molar refractivity (Wildman–Crippen MR) is 98.6 cm³/mol. The van der Waals surface area contributed by atoms with Crippen LogP contribution in [0.2, 0.25) is 5.02 Å². The quantitative estimate of drug-likeness (QED) is 0.768. The summed E-state index contributed by atoms with van der Waals surface area (Å²) in [5, 5.41) is 0.570. The zero-order chi connectivity index (χ0) is 18.4. The van der Waals surface area contributed by atoms with E-state index in [9.17, 15) is 0 Å². The number of halogens is 1. The number of hydrogen-bond acceptors (Lipinski definition) is 6. The fourth-order valence-electron chi connectivity index (χ4n) is 2.88. The van der Waals surface area contributed by atoms with E-state index >= 15 is 0 Å². The monoisotopic (exact) mass is 373 g/mol. The van der Waals surface area contributed by atoms with E-state index in [0.29, 0.717) is 29.7 Å². The summed E-state index contributed by atoms with van der Waals surface area (Å²) >= 11 is 6.31. The molecule has 0 spiro atoms. The lowest BCUT2D eigenvalue weighted by Gasteiger charge is -2.32. The summed E-state index contributed by atoms with van der Waals surface area (Å²) in [4.78, 5) is 10.3. The van der Waals surface area contributed by atoms with Gasteiger partial charge in [0.25, 0.3) is 0 Å². The zero-order valence-electron chi connectivity index (χ0n) is 14.7. The standard InChI is InChI=1S/C19H20ClN3O3/c1-24-18-10-15(20)9-16(19(18)25-2)17(23-5-7-26-8-6-23)4-3-14-11-21-13-22-12-14/h9-13,17H,5-8H2,1-2H3/t17-/m1/s1. The molecule has 136 valence electrons. The lowest BCUT2D eigenvalue weighted by molar-refractivity contribution is 0.0265. The molecular formula is C19H20ClN3O3. The Labute approximate surface area is 158 Å². The van der Waals surface area contributed by atoms with E-state index in [0.717, 1.165) is 24.2 Å².